The molecule has 0 saturated carbocycles. The Morgan fingerprint density at radius 1 is 1.00 bits per heavy atom. The Morgan fingerprint density at radius 2 is 1.61 bits per heavy atom. The number of nitrogens with zero attached hydrogens (tertiary/aromatic N) is 3. The Hall–Kier alpha value is -2.63. The van der Waals surface area contributed by atoms with E-state index in [9.17, 15) is 21.6 Å². The van der Waals surface area contributed by atoms with E-state index < -0.39 is 20.0 Å². The molecule has 9 nitrogen and oxygen atoms in total. The van der Waals surface area contributed by atoms with Gasteiger partial charge in [0.25, 0.3) is 15.9 Å². The van der Waals surface area contributed by atoms with Crippen molar-refractivity contribution in [1.82, 2.24) is 9.21 Å². The lowest BCUT2D eigenvalue weighted by Gasteiger charge is -2.35. The molecule has 1 heterocycles. The zero-order chi connectivity index (χ0) is 24.4. The molecule has 3 rings (SSSR count). The van der Waals surface area contributed by atoms with E-state index in [0.29, 0.717) is 37.4 Å². The third-order valence-corrected chi connectivity index (χ3v) is 9.09. The molecule has 0 aromatic heterocycles. The molecular weight excluding hydrogens is 466 g/mol. The van der Waals surface area contributed by atoms with Gasteiger partial charge in [-0.3, -0.25) is 9.10 Å². The Morgan fingerprint density at radius 3 is 2.15 bits per heavy atom. The summed E-state index contributed by atoms with van der Waals surface area (Å²) in [5.41, 5.74) is 0.735. The third-order valence-electron chi connectivity index (χ3n) is 5.96. The molecule has 0 radical (unpaired) electrons. The normalized spacial score (nSPS) is 15.5. The topological polar surface area (TPSA) is 104 Å². The summed E-state index contributed by atoms with van der Waals surface area (Å²) in [5.74, 6) is 0.336. The van der Waals surface area contributed by atoms with E-state index in [4.69, 9.17) is 4.74 Å². The van der Waals surface area contributed by atoms with Gasteiger partial charge in [-0.15, -0.1) is 0 Å². The van der Waals surface area contributed by atoms with E-state index in [1.165, 1.54) is 36.9 Å². The zero-order valence-corrected chi connectivity index (χ0v) is 20.8. The Bertz CT molecular complexity index is 1200. The second-order valence-electron chi connectivity index (χ2n) is 8.00. The third kappa shape index (κ3) is 5.48. The number of amides is 1. The number of hydrogen-bond donors (Lipinski definition) is 0. The maximum absolute atomic E-state index is 13.2. The first kappa shape index (κ1) is 25.0. The van der Waals surface area contributed by atoms with Crippen molar-refractivity contribution in [1.29, 1.82) is 0 Å². The van der Waals surface area contributed by atoms with Crippen LogP contribution in [0.2, 0.25) is 0 Å². The second kappa shape index (κ2) is 9.70. The van der Waals surface area contributed by atoms with Crippen LogP contribution >= 0.6 is 0 Å². The van der Waals surface area contributed by atoms with E-state index in [0.717, 1.165) is 4.31 Å². The summed E-state index contributed by atoms with van der Waals surface area (Å²) in [5, 5.41) is 0. The highest BCUT2D eigenvalue weighted by atomic mass is 32.2. The monoisotopic (exact) mass is 495 g/mol. The molecule has 2 aromatic carbocycles. The molecule has 33 heavy (non-hydrogen) atoms. The number of carbonyl (C=O) groups excluding carboxylic acids is 1. The summed E-state index contributed by atoms with van der Waals surface area (Å²) >= 11 is 0. The molecule has 11 heteroatoms. The molecule has 2 aromatic rings. The quantitative estimate of drug-likeness (QED) is 0.582. The zero-order valence-electron chi connectivity index (χ0n) is 19.1. The molecule has 1 aliphatic heterocycles. The highest BCUT2D eigenvalue weighted by Crippen LogP contribution is 2.26. The molecule has 0 spiro atoms. The van der Waals surface area contributed by atoms with E-state index in [2.05, 4.69) is 0 Å². The van der Waals surface area contributed by atoms with Gasteiger partial charge in [-0.05, 0) is 55.3 Å². The van der Waals surface area contributed by atoms with E-state index in [-0.39, 0.29) is 22.4 Å². The van der Waals surface area contributed by atoms with Crippen LogP contribution in [0.15, 0.2) is 53.4 Å². The number of piperidine rings is 1. The number of sulfonamides is 2. The van der Waals surface area contributed by atoms with Crippen molar-refractivity contribution in [2.45, 2.75) is 23.8 Å². The second-order valence-corrected chi connectivity index (χ2v) is 12.0. The van der Waals surface area contributed by atoms with Crippen molar-refractivity contribution in [3.8, 4) is 5.75 Å². The van der Waals surface area contributed by atoms with Crippen LogP contribution in [0, 0.1) is 0 Å². The fourth-order valence-electron chi connectivity index (χ4n) is 3.76. The summed E-state index contributed by atoms with van der Waals surface area (Å²) in [6.45, 7) is 0.790. The maximum Gasteiger partial charge on any atom is 0.264 e. The van der Waals surface area contributed by atoms with E-state index in [1.54, 1.807) is 48.3 Å². The van der Waals surface area contributed by atoms with Gasteiger partial charge in [0.2, 0.25) is 10.0 Å². The van der Waals surface area contributed by atoms with E-state index >= 15 is 0 Å². The average Bonchev–Trinajstić information content (AvgIpc) is 2.82. The minimum atomic E-state index is -3.89. The van der Waals surface area contributed by atoms with Gasteiger partial charge in [0.1, 0.15) is 5.75 Å². The maximum atomic E-state index is 13.2. The molecule has 0 N–H and O–H groups in total. The summed E-state index contributed by atoms with van der Waals surface area (Å²) in [4.78, 5) is 14.7. The number of carbonyl (C=O) groups is 1. The molecule has 0 unspecified atom stereocenters. The standard InChI is InChI=1S/C22H29N3O6S2/c1-23(32(4,27)28)19-12-14-25(15-13-19)22(26)17-6-5-7-21(16-17)33(29,30)24(2)18-8-10-20(31-3)11-9-18/h5-11,16,19H,12-15H2,1-4H3. The van der Waals surface area contributed by atoms with Crippen LogP contribution in [-0.2, 0) is 20.0 Å². The van der Waals surface area contributed by atoms with Crippen LogP contribution in [0.3, 0.4) is 0 Å². The molecule has 0 atom stereocenters. The average molecular weight is 496 g/mol. The number of ether oxygens (including phenoxy) is 1. The van der Waals surface area contributed by atoms with Crippen molar-refractivity contribution in [2.24, 2.45) is 0 Å². The van der Waals surface area contributed by atoms with Crippen LogP contribution in [0.5, 0.6) is 5.75 Å². The lowest BCUT2D eigenvalue weighted by molar-refractivity contribution is 0.0686. The van der Waals surface area contributed by atoms with Gasteiger partial charge in [-0.2, -0.15) is 0 Å². The number of methoxy groups -OCH3 is 1. The van der Waals surface area contributed by atoms with Gasteiger partial charge >= 0.3 is 0 Å². The molecular formula is C22H29N3O6S2. The SMILES string of the molecule is COc1ccc(N(C)S(=O)(=O)c2cccc(C(=O)N3CCC(N(C)S(C)(=O)=O)CC3)c2)cc1. The number of likely N-dealkylation sites (tertiary alicyclic amines) is 1. The van der Waals surface area contributed by atoms with Gasteiger partial charge < -0.3 is 9.64 Å². The first-order valence-electron chi connectivity index (χ1n) is 10.4. The predicted octanol–water partition coefficient (Wildman–Crippen LogP) is 2.02. The lowest BCUT2D eigenvalue weighted by Crippen LogP contribution is -2.47. The van der Waals surface area contributed by atoms with Gasteiger partial charge in [0.15, 0.2) is 0 Å². The molecule has 1 aliphatic rings. The molecule has 0 aliphatic carbocycles. The fraction of sp³-hybridized carbons (Fsp3) is 0.409. The molecule has 0 bridgehead atoms. The molecule has 1 fully saturated rings. The van der Waals surface area contributed by atoms with Crippen molar-refractivity contribution in [3.63, 3.8) is 0 Å². The van der Waals surface area contributed by atoms with Crippen LogP contribution in [0.25, 0.3) is 0 Å². The van der Waals surface area contributed by atoms with Gasteiger partial charge in [0, 0.05) is 38.8 Å². The summed E-state index contributed by atoms with van der Waals surface area (Å²) in [7, 11) is -2.65. The number of benzene rings is 2. The van der Waals surface area contributed by atoms with Crippen LogP contribution in [0.1, 0.15) is 23.2 Å². The first-order chi connectivity index (χ1) is 15.4. The Balaban J connectivity index is 1.75. The van der Waals surface area contributed by atoms with Crippen molar-refractivity contribution < 1.29 is 26.4 Å². The van der Waals surface area contributed by atoms with Crippen LogP contribution < -0.4 is 9.04 Å². The Kier molecular flexibility index (Phi) is 7.35. The predicted molar refractivity (Wildman–Crippen MR) is 127 cm³/mol. The van der Waals surface area contributed by atoms with Crippen molar-refractivity contribution >= 4 is 31.6 Å². The molecule has 1 saturated heterocycles. The van der Waals surface area contributed by atoms with Crippen molar-refractivity contribution in [2.75, 3.05) is 44.9 Å². The minimum absolute atomic E-state index is 0.0124. The minimum Gasteiger partial charge on any atom is -0.497 e. The molecule has 180 valence electrons. The summed E-state index contributed by atoms with van der Waals surface area (Å²) in [6, 6.07) is 12.4. The van der Waals surface area contributed by atoms with Crippen LogP contribution in [-0.4, -0.2) is 78.5 Å². The Labute approximate surface area is 195 Å². The number of anilines is 1. The van der Waals surface area contributed by atoms with Gasteiger partial charge in [-0.1, -0.05) is 6.07 Å². The number of hydrogen-bond acceptors (Lipinski definition) is 6. The van der Waals surface area contributed by atoms with Crippen molar-refractivity contribution in [3.05, 3.63) is 54.1 Å². The number of rotatable bonds is 7. The lowest BCUT2D eigenvalue weighted by atomic mass is 10.0. The van der Waals surface area contributed by atoms with Gasteiger partial charge in [0.05, 0.1) is 23.9 Å². The smallest absolute Gasteiger partial charge is 0.264 e. The first-order valence-corrected chi connectivity index (χ1v) is 13.7. The summed E-state index contributed by atoms with van der Waals surface area (Å²) < 4.78 is 57.5. The van der Waals surface area contributed by atoms with Gasteiger partial charge in [-0.25, -0.2) is 21.1 Å². The van der Waals surface area contributed by atoms with Crippen LogP contribution in [0.4, 0.5) is 5.69 Å². The highest BCUT2D eigenvalue weighted by Gasteiger charge is 2.30. The summed E-state index contributed by atoms with van der Waals surface area (Å²) in [6.07, 6.45) is 2.21. The van der Waals surface area contributed by atoms with E-state index in [1.807, 2.05) is 0 Å². The largest absolute Gasteiger partial charge is 0.497 e. The molecule has 1 amide bonds. The fourth-order valence-corrected chi connectivity index (χ4v) is 5.76. The highest BCUT2D eigenvalue weighted by molar-refractivity contribution is 7.92.